The molecule has 3 aliphatic heterocycles. The van der Waals surface area contributed by atoms with Crippen LogP contribution >= 0.6 is 8.60 Å². The van der Waals surface area contributed by atoms with Crippen molar-refractivity contribution in [2.24, 2.45) is 0 Å². The summed E-state index contributed by atoms with van der Waals surface area (Å²) in [5, 5.41) is 0. The number of hydrogen-bond acceptors (Lipinski definition) is 3. The van der Waals surface area contributed by atoms with Crippen LogP contribution in [0.3, 0.4) is 0 Å². The van der Waals surface area contributed by atoms with E-state index >= 15 is 0 Å². The molecule has 3 saturated heterocycles. The fourth-order valence-corrected chi connectivity index (χ4v) is 4.78. The van der Waals surface area contributed by atoms with Crippen molar-refractivity contribution < 1.29 is 7.80 Å². The molecule has 3 nitrogen and oxygen atoms in total. The summed E-state index contributed by atoms with van der Waals surface area (Å²) in [6.45, 7) is 0. The third-order valence-corrected chi connectivity index (χ3v) is 10.5. The van der Waals surface area contributed by atoms with Crippen molar-refractivity contribution in [3.05, 3.63) is 0 Å². The van der Waals surface area contributed by atoms with Crippen molar-refractivity contribution >= 4 is 31.7 Å². The van der Waals surface area contributed by atoms with Crippen LogP contribution in [0.5, 0.6) is 0 Å². The number of rotatable bonds is 0. The zero-order chi connectivity index (χ0) is 3.28. The van der Waals surface area contributed by atoms with Crippen LogP contribution in [0.2, 0.25) is 0 Å². The van der Waals surface area contributed by atoms with E-state index in [9.17, 15) is 0 Å². The first-order valence-corrected chi connectivity index (χ1v) is 6.45. The first kappa shape index (κ1) is 3.23. The van der Waals surface area contributed by atoms with Gasteiger partial charge in [-0.2, -0.15) is 0 Å². The Morgan fingerprint density at radius 1 is 1.20 bits per heavy atom. The molecule has 28 valence electrons. The Balaban J connectivity index is 2.19. The summed E-state index contributed by atoms with van der Waals surface area (Å²) in [4.78, 5) is 0. The molecule has 0 saturated carbocycles. The first-order chi connectivity index (χ1) is 2.45. The Bertz CT molecular complexity index is 43.6. The van der Waals surface area contributed by atoms with Crippen LogP contribution in [0.4, 0.5) is 0 Å². The zero-order valence-electron chi connectivity index (χ0n) is 2.12. The van der Waals surface area contributed by atoms with Gasteiger partial charge >= 0.3 is 39.5 Å². The standard InChI is InChI=1S/Bi.O3P/c;1-4(2)3/q+3;-3. The maximum atomic E-state index is 4.85. The van der Waals surface area contributed by atoms with Gasteiger partial charge in [-0.15, -0.1) is 0 Å². The quantitative estimate of drug-likeness (QED) is 0.473. The Morgan fingerprint density at radius 3 is 1.40 bits per heavy atom. The minimum atomic E-state index is -1.78. The molecule has 3 fully saturated rings. The van der Waals surface area contributed by atoms with Gasteiger partial charge in [0, 0.05) is 0 Å². The first-order valence-electron chi connectivity index (χ1n) is 1.10. The predicted molar refractivity (Wildman–Crippen MR) is 15.9 cm³/mol. The molecule has 0 aromatic carbocycles. The van der Waals surface area contributed by atoms with Crippen molar-refractivity contribution in [2.75, 3.05) is 0 Å². The van der Waals surface area contributed by atoms with E-state index in [-0.39, 0.29) is 0 Å². The van der Waals surface area contributed by atoms with E-state index in [1.165, 1.54) is 0 Å². The minimum absolute atomic E-state index is 0.684. The van der Waals surface area contributed by atoms with Gasteiger partial charge in [-0.3, -0.25) is 0 Å². The molecular formula is BiO3P. The molecule has 3 aliphatic rings. The van der Waals surface area contributed by atoms with Crippen LogP contribution in [0.25, 0.3) is 0 Å². The van der Waals surface area contributed by atoms with Crippen molar-refractivity contribution in [3.63, 3.8) is 0 Å². The van der Waals surface area contributed by atoms with Gasteiger partial charge in [0.05, 0.1) is 0 Å². The molecule has 0 aromatic rings. The molecule has 0 unspecified atom stereocenters. The van der Waals surface area contributed by atoms with Gasteiger partial charge in [-0.05, 0) is 0 Å². The second-order valence-corrected chi connectivity index (χ2v) is 9.08. The van der Waals surface area contributed by atoms with Gasteiger partial charge in [0.2, 0.25) is 0 Å². The molecule has 0 N–H and O–H groups in total. The van der Waals surface area contributed by atoms with Crippen molar-refractivity contribution in [2.45, 2.75) is 0 Å². The second kappa shape index (κ2) is 0.879. The normalized spacial score (nSPS) is 36.0. The van der Waals surface area contributed by atoms with Gasteiger partial charge in [0.25, 0.3) is 0 Å². The molecular weight excluding hydrogens is 288 g/mol. The van der Waals surface area contributed by atoms with Gasteiger partial charge in [-0.1, -0.05) is 0 Å². The van der Waals surface area contributed by atoms with E-state index in [1.807, 2.05) is 0 Å². The Labute approximate surface area is 39.8 Å². The van der Waals surface area contributed by atoms with Crippen molar-refractivity contribution in [3.8, 4) is 0 Å². The average Bonchev–Trinajstić information content (AvgIpc) is 0.592. The maximum absolute atomic E-state index is 4.85. The van der Waals surface area contributed by atoms with Crippen LogP contribution in [-0.2, 0) is 7.80 Å². The summed E-state index contributed by atoms with van der Waals surface area (Å²) >= 11 is -1.78. The Morgan fingerprint density at radius 2 is 1.40 bits per heavy atom. The molecule has 3 heterocycles. The molecule has 5 heavy (non-hydrogen) atoms. The summed E-state index contributed by atoms with van der Waals surface area (Å²) in [5.74, 6) is 0. The fraction of sp³-hybridized carbons (Fsp3) is 0. The Hall–Kier alpha value is 1.19. The molecule has 5 heteroatoms. The molecule has 2 bridgehead atoms. The van der Waals surface area contributed by atoms with Crippen LogP contribution < -0.4 is 0 Å². The SMILES string of the molecule is [O]1P2[O][Bi]1[O]2. The van der Waals surface area contributed by atoms with Crippen LogP contribution in [0.15, 0.2) is 0 Å². The molecule has 0 atom stereocenters. The summed E-state index contributed by atoms with van der Waals surface area (Å²) in [7, 11) is -0.684. The summed E-state index contributed by atoms with van der Waals surface area (Å²) in [5.41, 5.74) is 0. The number of hydrogen-bond donors (Lipinski definition) is 0. The molecule has 0 aromatic heterocycles. The van der Waals surface area contributed by atoms with E-state index in [4.69, 9.17) is 7.80 Å². The fourth-order valence-electron chi connectivity index (χ4n) is 0.182. The molecule has 0 radical (unpaired) electrons. The third kappa shape index (κ3) is 0.304. The van der Waals surface area contributed by atoms with Crippen LogP contribution in [0, 0.1) is 0 Å². The van der Waals surface area contributed by atoms with E-state index < -0.39 is 31.7 Å². The summed E-state index contributed by atoms with van der Waals surface area (Å²) in [6.07, 6.45) is 0. The van der Waals surface area contributed by atoms with Crippen LogP contribution in [0.1, 0.15) is 0 Å². The van der Waals surface area contributed by atoms with Crippen molar-refractivity contribution in [1.82, 2.24) is 0 Å². The topological polar surface area (TPSA) is 27.7 Å². The van der Waals surface area contributed by atoms with Crippen molar-refractivity contribution in [1.29, 1.82) is 0 Å². The van der Waals surface area contributed by atoms with Gasteiger partial charge < -0.3 is 0 Å². The van der Waals surface area contributed by atoms with E-state index in [0.717, 1.165) is 0 Å². The molecule has 0 amide bonds. The monoisotopic (exact) mass is 288 g/mol. The Kier molecular flexibility index (Phi) is 0.567. The van der Waals surface area contributed by atoms with Gasteiger partial charge in [0.1, 0.15) is 0 Å². The second-order valence-electron chi connectivity index (χ2n) is 0.692. The molecule has 3 rings (SSSR count). The molecule has 0 aliphatic carbocycles. The van der Waals surface area contributed by atoms with Gasteiger partial charge in [0.15, 0.2) is 0 Å². The van der Waals surface area contributed by atoms with Gasteiger partial charge in [-0.25, -0.2) is 0 Å². The third-order valence-electron chi connectivity index (χ3n) is 0.400. The zero-order valence-corrected chi connectivity index (χ0v) is 6.49. The predicted octanol–water partition coefficient (Wildman–Crippen LogP) is 0.275. The van der Waals surface area contributed by atoms with E-state index in [0.29, 0.717) is 0 Å². The van der Waals surface area contributed by atoms with Crippen LogP contribution in [-0.4, -0.2) is 23.1 Å². The molecule has 0 spiro atoms. The summed E-state index contributed by atoms with van der Waals surface area (Å²) in [6, 6.07) is 0. The van der Waals surface area contributed by atoms with E-state index in [1.54, 1.807) is 0 Å². The summed E-state index contributed by atoms with van der Waals surface area (Å²) < 4.78 is 14.6. The van der Waals surface area contributed by atoms with E-state index in [2.05, 4.69) is 0 Å². The average molecular weight is 288 g/mol.